The molecule has 12 heavy (non-hydrogen) atoms. The van der Waals surface area contributed by atoms with Crippen molar-refractivity contribution in [3.8, 4) is 5.75 Å². The highest BCUT2D eigenvalue weighted by molar-refractivity contribution is 5.76. The molecule has 64 valence electrons. The molecule has 0 spiro atoms. The van der Waals surface area contributed by atoms with Crippen molar-refractivity contribution >= 4 is 6.21 Å². The van der Waals surface area contributed by atoms with E-state index < -0.39 is 0 Å². The minimum absolute atomic E-state index is 0.755. The molecule has 0 N–H and O–H groups in total. The summed E-state index contributed by atoms with van der Waals surface area (Å²) in [6.07, 6.45) is 1.49. The van der Waals surface area contributed by atoms with E-state index in [4.69, 9.17) is 4.74 Å². The number of ether oxygens (including phenoxy) is 1. The van der Waals surface area contributed by atoms with Crippen LogP contribution in [0.2, 0.25) is 0 Å². The first kappa shape index (κ1) is 8.59. The summed E-state index contributed by atoms with van der Waals surface area (Å²) in [5.74, 6) is 0.755. The second-order valence-electron chi connectivity index (χ2n) is 2.45. The van der Waals surface area contributed by atoms with E-state index >= 15 is 0 Å². The van der Waals surface area contributed by atoms with Crippen molar-refractivity contribution in [2.75, 3.05) is 14.2 Å². The van der Waals surface area contributed by atoms with Crippen LogP contribution in [0.4, 0.5) is 0 Å². The van der Waals surface area contributed by atoms with Crippen molar-refractivity contribution < 1.29 is 9.48 Å². The fourth-order valence-electron chi connectivity index (χ4n) is 0.932. The van der Waals surface area contributed by atoms with Gasteiger partial charge in [0.1, 0.15) is 12.8 Å². The molecule has 0 heterocycles. The summed E-state index contributed by atoms with van der Waals surface area (Å²) in [5, 5.41) is 10.6. The quantitative estimate of drug-likeness (QED) is 0.286. The van der Waals surface area contributed by atoms with Crippen LogP contribution in [0.5, 0.6) is 5.75 Å². The van der Waals surface area contributed by atoms with Crippen LogP contribution in [0.25, 0.3) is 0 Å². The highest BCUT2D eigenvalue weighted by Gasteiger charge is 1.94. The fraction of sp³-hybridized carbons (Fsp3) is 0.222. The average molecular weight is 165 g/mol. The van der Waals surface area contributed by atoms with Crippen LogP contribution in [0.1, 0.15) is 5.56 Å². The van der Waals surface area contributed by atoms with Gasteiger partial charge in [-0.1, -0.05) is 6.07 Å². The smallest absolute Gasteiger partial charge is 0.181 e. The van der Waals surface area contributed by atoms with Gasteiger partial charge < -0.3 is 9.94 Å². The Morgan fingerprint density at radius 1 is 1.50 bits per heavy atom. The Morgan fingerprint density at radius 2 is 2.25 bits per heavy atom. The molecule has 1 aromatic carbocycles. The Labute approximate surface area is 71.5 Å². The minimum atomic E-state index is 0.755. The Hall–Kier alpha value is -1.51. The Bertz CT molecular complexity index is 290. The van der Waals surface area contributed by atoms with Gasteiger partial charge in [0.25, 0.3) is 0 Å². The van der Waals surface area contributed by atoms with Gasteiger partial charge in [0.15, 0.2) is 6.21 Å². The van der Waals surface area contributed by atoms with Gasteiger partial charge in [-0.3, -0.25) is 0 Å². The first-order valence-electron chi connectivity index (χ1n) is 3.61. The van der Waals surface area contributed by atoms with Crippen molar-refractivity contribution in [1.29, 1.82) is 0 Å². The van der Waals surface area contributed by atoms with E-state index in [9.17, 15) is 5.21 Å². The van der Waals surface area contributed by atoms with Crippen molar-refractivity contribution in [3.63, 3.8) is 0 Å². The summed E-state index contributed by atoms with van der Waals surface area (Å²) in [4.78, 5) is 0. The molecule has 0 aliphatic carbocycles. The third kappa shape index (κ3) is 2.27. The van der Waals surface area contributed by atoms with E-state index in [-0.39, 0.29) is 0 Å². The van der Waals surface area contributed by atoms with E-state index in [1.54, 1.807) is 13.2 Å². The number of benzene rings is 1. The van der Waals surface area contributed by atoms with Crippen molar-refractivity contribution in [2.45, 2.75) is 0 Å². The molecule has 0 aliphatic heterocycles. The van der Waals surface area contributed by atoms with Crippen molar-refractivity contribution in [1.82, 2.24) is 0 Å². The first-order chi connectivity index (χ1) is 5.72. The normalized spacial score (nSPS) is 11.3. The third-order valence-corrected chi connectivity index (χ3v) is 1.42. The molecule has 3 nitrogen and oxygen atoms in total. The van der Waals surface area contributed by atoms with Crippen LogP contribution in [0.15, 0.2) is 24.3 Å². The number of nitrogens with zero attached hydrogens (tertiary/aromatic N) is 1. The maximum Gasteiger partial charge on any atom is 0.181 e. The molecule has 0 atom stereocenters. The summed E-state index contributed by atoms with van der Waals surface area (Å²) in [5.41, 5.74) is 0.840. The SMILES string of the molecule is COc1cccc(/C=[N+](/C)[O-])c1. The lowest BCUT2D eigenvalue weighted by Gasteiger charge is -1.99. The highest BCUT2D eigenvalue weighted by Crippen LogP contribution is 2.10. The third-order valence-electron chi connectivity index (χ3n) is 1.42. The van der Waals surface area contributed by atoms with Gasteiger partial charge in [0.2, 0.25) is 0 Å². The van der Waals surface area contributed by atoms with Gasteiger partial charge in [-0.2, -0.15) is 0 Å². The summed E-state index contributed by atoms with van der Waals surface area (Å²) in [6, 6.07) is 7.32. The van der Waals surface area contributed by atoms with Gasteiger partial charge in [0, 0.05) is 5.56 Å². The number of hydrogen-bond donors (Lipinski definition) is 0. The average Bonchev–Trinajstić information content (AvgIpc) is 2.03. The van der Waals surface area contributed by atoms with E-state index in [1.165, 1.54) is 13.3 Å². The van der Waals surface area contributed by atoms with Crippen LogP contribution >= 0.6 is 0 Å². The van der Waals surface area contributed by atoms with E-state index in [2.05, 4.69) is 0 Å². The predicted octanol–water partition coefficient (Wildman–Crippen LogP) is 1.25. The molecule has 3 heteroatoms. The van der Waals surface area contributed by atoms with Crippen LogP contribution < -0.4 is 4.74 Å². The zero-order valence-corrected chi connectivity index (χ0v) is 7.15. The highest BCUT2D eigenvalue weighted by atomic mass is 16.5. The lowest BCUT2D eigenvalue weighted by atomic mass is 10.2. The van der Waals surface area contributed by atoms with Gasteiger partial charge >= 0.3 is 0 Å². The van der Waals surface area contributed by atoms with Gasteiger partial charge in [-0.05, 0) is 18.2 Å². The Balaban J connectivity index is 2.94. The second-order valence-corrected chi connectivity index (χ2v) is 2.45. The molecule has 0 saturated heterocycles. The number of rotatable bonds is 2. The maximum absolute atomic E-state index is 10.6. The summed E-state index contributed by atoms with van der Waals surface area (Å²) < 4.78 is 5.75. The lowest BCUT2D eigenvalue weighted by molar-refractivity contribution is -0.416. The fourth-order valence-corrected chi connectivity index (χ4v) is 0.932. The van der Waals surface area contributed by atoms with Crippen molar-refractivity contribution in [2.24, 2.45) is 0 Å². The van der Waals surface area contributed by atoms with Gasteiger partial charge in [0.05, 0.1) is 7.11 Å². The minimum Gasteiger partial charge on any atom is -0.624 e. The van der Waals surface area contributed by atoms with E-state index in [1.807, 2.05) is 18.2 Å². The molecular weight excluding hydrogens is 154 g/mol. The zero-order valence-electron chi connectivity index (χ0n) is 7.15. The molecule has 0 unspecified atom stereocenters. The zero-order chi connectivity index (χ0) is 8.97. The number of methoxy groups -OCH3 is 1. The molecule has 0 saturated carbocycles. The summed E-state index contributed by atoms with van der Waals surface area (Å²) in [7, 11) is 3.04. The van der Waals surface area contributed by atoms with Crippen LogP contribution in [-0.2, 0) is 0 Å². The maximum atomic E-state index is 10.6. The van der Waals surface area contributed by atoms with Crippen LogP contribution in [0.3, 0.4) is 0 Å². The first-order valence-corrected chi connectivity index (χ1v) is 3.61. The largest absolute Gasteiger partial charge is 0.624 e. The van der Waals surface area contributed by atoms with Crippen LogP contribution in [-0.4, -0.2) is 25.1 Å². The Morgan fingerprint density at radius 3 is 2.83 bits per heavy atom. The van der Waals surface area contributed by atoms with E-state index in [0.717, 1.165) is 16.1 Å². The molecule has 0 aliphatic rings. The number of hydrogen-bond acceptors (Lipinski definition) is 2. The number of hydroxylamine groups is 1. The molecular formula is C9H11NO2. The molecule has 1 rings (SSSR count). The molecule has 0 fully saturated rings. The van der Waals surface area contributed by atoms with Gasteiger partial charge in [-0.15, -0.1) is 0 Å². The van der Waals surface area contributed by atoms with E-state index in [0.29, 0.717) is 0 Å². The molecule has 1 aromatic rings. The molecule has 0 amide bonds. The monoisotopic (exact) mass is 165 g/mol. The summed E-state index contributed by atoms with van der Waals surface area (Å²) in [6.45, 7) is 0. The predicted molar refractivity (Wildman–Crippen MR) is 47.7 cm³/mol. The molecule has 0 aromatic heterocycles. The lowest BCUT2D eigenvalue weighted by Crippen LogP contribution is -1.97. The molecule has 0 radical (unpaired) electrons. The topological polar surface area (TPSA) is 35.3 Å². The van der Waals surface area contributed by atoms with Crippen LogP contribution in [0, 0.1) is 5.21 Å². The summed E-state index contributed by atoms with van der Waals surface area (Å²) >= 11 is 0. The standard InChI is InChI=1S/C9H11NO2/c1-10(11)7-8-4-3-5-9(6-8)12-2/h3-7H,1-2H3/b10-7-. The van der Waals surface area contributed by atoms with Gasteiger partial charge in [-0.25, -0.2) is 4.74 Å². The Kier molecular flexibility index (Phi) is 2.69. The second kappa shape index (κ2) is 3.76. The van der Waals surface area contributed by atoms with Crippen molar-refractivity contribution in [3.05, 3.63) is 35.0 Å². The molecule has 0 bridgehead atoms.